The highest BCUT2D eigenvalue weighted by molar-refractivity contribution is 5.75. The lowest BCUT2D eigenvalue weighted by molar-refractivity contribution is 0.634. The molecule has 0 atom stereocenters. The lowest BCUT2D eigenvalue weighted by Gasteiger charge is -2.11. The van der Waals surface area contributed by atoms with Gasteiger partial charge in [-0.15, -0.1) is 0 Å². The summed E-state index contributed by atoms with van der Waals surface area (Å²) in [5.74, 6) is -0.363. The number of hydrogen-bond donors (Lipinski definition) is 2. The maximum Gasteiger partial charge on any atom is 0.151 e. The molecular weight excluding hydrogens is 269 g/mol. The Bertz CT molecular complexity index is 775. The minimum Gasteiger partial charge on any atom is -0.386 e. The van der Waals surface area contributed by atoms with E-state index < -0.39 is 0 Å². The summed E-state index contributed by atoms with van der Waals surface area (Å²) in [6.45, 7) is 0.476. The minimum absolute atomic E-state index is 0.290. The second kappa shape index (κ2) is 5.70. The smallest absolute Gasteiger partial charge is 0.151 e. The molecule has 3 rings (SSSR count). The first-order chi connectivity index (χ1) is 10.3. The molecule has 0 aliphatic carbocycles. The highest BCUT2D eigenvalue weighted by atomic mass is 19.1. The fraction of sp³-hybridized carbons (Fsp3) is 0.133. The Morgan fingerprint density at radius 1 is 1.10 bits per heavy atom. The zero-order chi connectivity index (χ0) is 14.7. The summed E-state index contributed by atoms with van der Waals surface area (Å²) in [5.41, 5.74) is 3.44. The summed E-state index contributed by atoms with van der Waals surface area (Å²) in [7, 11) is 1.84. The SMILES string of the molecule is CNc1ccncc1NCc1cc(F)c2nccnc2c1. The predicted molar refractivity (Wildman–Crippen MR) is 80.6 cm³/mol. The molecule has 0 spiro atoms. The van der Waals surface area contributed by atoms with Crippen LogP contribution in [0.5, 0.6) is 0 Å². The molecule has 106 valence electrons. The van der Waals surface area contributed by atoms with Crippen molar-refractivity contribution < 1.29 is 4.39 Å². The van der Waals surface area contributed by atoms with Gasteiger partial charge in [0.15, 0.2) is 5.82 Å². The molecule has 0 aliphatic rings. The molecule has 0 aliphatic heterocycles. The normalized spacial score (nSPS) is 10.6. The van der Waals surface area contributed by atoms with Gasteiger partial charge in [0.2, 0.25) is 0 Å². The van der Waals surface area contributed by atoms with Crippen LogP contribution in [-0.2, 0) is 6.54 Å². The standard InChI is InChI=1S/C15H14FN5/c1-17-12-2-3-18-9-14(12)21-8-10-6-11(16)15-13(7-10)19-4-5-20-15/h2-7,9,21H,8H2,1H3,(H,17,18). The summed E-state index contributed by atoms with van der Waals surface area (Å²) in [6, 6.07) is 5.17. The van der Waals surface area contributed by atoms with E-state index in [0.29, 0.717) is 17.6 Å². The van der Waals surface area contributed by atoms with Gasteiger partial charge in [-0.3, -0.25) is 9.97 Å². The van der Waals surface area contributed by atoms with Crippen LogP contribution in [0.15, 0.2) is 43.0 Å². The Morgan fingerprint density at radius 3 is 2.81 bits per heavy atom. The number of halogens is 1. The number of anilines is 2. The molecule has 3 aromatic rings. The fourth-order valence-electron chi connectivity index (χ4n) is 2.14. The van der Waals surface area contributed by atoms with Crippen molar-refractivity contribution in [2.24, 2.45) is 0 Å². The molecule has 0 amide bonds. The van der Waals surface area contributed by atoms with E-state index in [1.807, 2.05) is 19.2 Å². The van der Waals surface area contributed by atoms with E-state index in [9.17, 15) is 4.39 Å². The van der Waals surface area contributed by atoms with Crippen molar-refractivity contribution in [3.8, 4) is 0 Å². The van der Waals surface area contributed by atoms with Crippen LogP contribution in [0.1, 0.15) is 5.56 Å². The average Bonchev–Trinajstić information content (AvgIpc) is 2.53. The second-order valence-corrected chi connectivity index (χ2v) is 4.53. The van der Waals surface area contributed by atoms with Crippen LogP contribution in [0.25, 0.3) is 11.0 Å². The molecule has 5 nitrogen and oxygen atoms in total. The number of nitrogens with zero attached hydrogens (tertiary/aromatic N) is 3. The molecule has 0 saturated heterocycles. The quantitative estimate of drug-likeness (QED) is 0.771. The van der Waals surface area contributed by atoms with Gasteiger partial charge in [-0.1, -0.05) is 0 Å². The van der Waals surface area contributed by atoms with Gasteiger partial charge in [0.05, 0.1) is 23.1 Å². The molecule has 0 fully saturated rings. The molecule has 2 aromatic heterocycles. The van der Waals surface area contributed by atoms with Gasteiger partial charge in [-0.25, -0.2) is 9.37 Å². The Morgan fingerprint density at radius 2 is 1.95 bits per heavy atom. The van der Waals surface area contributed by atoms with Crippen LogP contribution < -0.4 is 10.6 Å². The fourth-order valence-corrected chi connectivity index (χ4v) is 2.14. The van der Waals surface area contributed by atoms with Crippen LogP contribution in [0.2, 0.25) is 0 Å². The zero-order valence-electron chi connectivity index (χ0n) is 11.5. The molecule has 0 saturated carbocycles. The molecule has 0 unspecified atom stereocenters. The van der Waals surface area contributed by atoms with Gasteiger partial charge in [0, 0.05) is 32.2 Å². The van der Waals surface area contributed by atoms with Gasteiger partial charge >= 0.3 is 0 Å². The van der Waals surface area contributed by atoms with Crippen molar-refractivity contribution in [3.63, 3.8) is 0 Å². The monoisotopic (exact) mass is 283 g/mol. The van der Waals surface area contributed by atoms with Crippen LogP contribution in [0.3, 0.4) is 0 Å². The van der Waals surface area contributed by atoms with Gasteiger partial charge in [-0.2, -0.15) is 0 Å². The number of rotatable bonds is 4. The van der Waals surface area contributed by atoms with Gasteiger partial charge in [0.1, 0.15) is 5.52 Å². The highest BCUT2D eigenvalue weighted by Gasteiger charge is 2.06. The number of pyridine rings is 1. The second-order valence-electron chi connectivity index (χ2n) is 4.53. The Balaban J connectivity index is 1.85. The number of benzene rings is 1. The molecular formula is C15H14FN5. The lowest BCUT2D eigenvalue weighted by atomic mass is 10.1. The maximum absolute atomic E-state index is 14.0. The first kappa shape index (κ1) is 13.2. The average molecular weight is 283 g/mol. The van der Waals surface area contributed by atoms with Gasteiger partial charge in [-0.05, 0) is 23.8 Å². The predicted octanol–water partition coefficient (Wildman–Crippen LogP) is 2.82. The third-order valence-electron chi connectivity index (χ3n) is 3.16. The molecule has 0 bridgehead atoms. The third kappa shape index (κ3) is 2.74. The van der Waals surface area contributed by atoms with Crippen molar-refractivity contribution in [2.45, 2.75) is 6.54 Å². The third-order valence-corrected chi connectivity index (χ3v) is 3.16. The summed E-state index contributed by atoms with van der Waals surface area (Å²) >= 11 is 0. The van der Waals surface area contributed by atoms with E-state index in [4.69, 9.17) is 0 Å². The van der Waals surface area contributed by atoms with Crippen LogP contribution in [0, 0.1) is 5.82 Å². The number of aromatic nitrogens is 3. The van der Waals surface area contributed by atoms with Crippen molar-refractivity contribution in [2.75, 3.05) is 17.7 Å². The molecule has 1 aromatic carbocycles. The van der Waals surface area contributed by atoms with Crippen LogP contribution >= 0.6 is 0 Å². The molecule has 2 N–H and O–H groups in total. The van der Waals surface area contributed by atoms with E-state index in [1.165, 1.54) is 12.3 Å². The molecule has 0 radical (unpaired) electrons. The van der Waals surface area contributed by atoms with E-state index in [0.717, 1.165) is 16.9 Å². The first-order valence-corrected chi connectivity index (χ1v) is 6.52. The zero-order valence-corrected chi connectivity index (χ0v) is 11.5. The minimum atomic E-state index is -0.363. The largest absolute Gasteiger partial charge is 0.386 e. The van der Waals surface area contributed by atoms with E-state index >= 15 is 0 Å². The van der Waals surface area contributed by atoms with Crippen molar-refractivity contribution in [1.82, 2.24) is 15.0 Å². The van der Waals surface area contributed by atoms with Crippen molar-refractivity contribution in [3.05, 3.63) is 54.4 Å². The number of nitrogens with one attached hydrogen (secondary N) is 2. The van der Waals surface area contributed by atoms with Crippen molar-refractivity contribution in [1.29, 1.82) is 0 Å². The molecule has 6 heteroatoms. The Hall–Kier alpha value is -2.76. The lowest BCUT2D eigenvalue weighted by Crippen LogP contribution is -2.04. The van der Waals surface area contributed by atoms with E-state index in [-0.39, 0.29) is 5.82 Å². The first-order valence-electron chi connectivity index (χ1n) is 6.52. The van der Waals surface area contributed by atoms with Crippen LogP contribution in [0.4, 0.5) is 15.8 Å². The summed E-state index contributed by atoms with van der Waals surface area (Å²) in [5, 5.41) is 6.31. The van der Waals surface area contributed by atoms with Gasteiger partial charge in [0.25, 0.3) is 0 Å². The Labute approximate surface area is 121 Å². The van der Waals surface area contributed by atoms with Gasteiger partial charge < -0.3 is 10.6 Å². The van der Waals surface area contributed by atoms with E-state index in [1.54, 1.807) is 18.6 Å². The molecule has 21 heavy (non-hydrogen) atoms. The summed E-state index contributed by atoms with van der Waals surface area (Å²) in [4.78, 5) is 12.2. The topological polar surface area (TPSA) is 62.7 Å². The number of fused-ring (bicyclic) bond motifs is 1. The van der Waals surface area contributed by atoms with E-state index in [2.05, 4.69) is 25.6 Å². The maximum atomic E-state index is 14.0. The highest BCUT2D eigenvalue weighted by Crippen LogP contribution is 2.21. The summed E-state index contributed by atoms with van der Waals surface area (Å²) in [6.07, 6.45) is 6.47. The Kier molecular flexibility index (Phi) is 3.59. The molecule has 2 heterocycles. The van der Waals surface area contributed by atoms with Crippen molar-refractivity contribution >= 4 is 22.4 Å². The summed E-state index contributed by atoms with van der Waals surface area (Å²) < 4.78 is 14.0. The van der Waals surface area contributed by atoms with Crippen LogP contribution in [-0.4, -0.2) is 22.0 Å². The number of hydrogen-bond acceptors (Lipinski definition) is 5.